The number of esters is 1. The standard InChI is InChI=1S/C25H35N5O7S2/c1-16(2)36-23(32)20(12-17-8-10-18(11-9-17)37-24(33)28(5)6)27-22(31)21-25(3,4)38-15-30(21)39(34,35)19-13-26-29(7)14-19/h8-11,13-14,16,20-21H,12,15H2,1-7H3,(H,27,31)/t20-,21?/m0/s1. The summed E-state index contributed by atoms with van der Waals surface area (Å²) in [6, 6.07) is 4.35. The molecule has 3 rings (SSSR count). The summed E-state index contributed by atoms with van der Waals surface area (Å²) in [5, 5.41) is 6.69. The first-order chi connectivity index (χ1) is 18.1. The molecule has 2 amide bonds. The number of nitrogens with one attached hydrogen (secondary N) is 1. The zero-order valence-corrected chi connectivity index (χ0v) is 24.7. The number of aryl methyl sites for hydroxylation is 1. The van der Waals surface area contributed by atoms with Crippen LogP contribution in [0.4, 0.5) is 4.79 Å². The number of hydrogen-bond acceptors (Lipinski definition) is 9. The van der Waals surface area contributed by atoms with Gasteiger partial charge in [-0.1, -0.05) is 12.1 Å². The van der Waals surface area contributed by atoms with Crippen LogP contribution in [-0.2, 0) is 37.8 Å². The van der Waals surface area contributed by atoms with Crippen molar-refractivity contribution in [3.05, 3.63) is 42.2 Å². The van der Waals surface area contributed by atoms with E-state index in [1.165, 1.54) is 33.7 Å². The maximum absolute atomic E-state index is 13.7. The molecule has 1 aliphatic rings. The Labute approximate surface area is 233 Å². The molecule has 0 aliphatic carbocycles. The molecule has 0 radical (unpaired) electrons. The molecule has 14 heteroatoms. The fourth-order valence-electron chi connectivity index (χ4n) is 3.93. The summed E-state index contributed by atoms with van der Waals surface area (Å²) in [6.45, 7) is 6.97. The van der Waals surface area contributed by atoms with Crippen LogP contribution in [0.3, 0.4) is 0 Å². The van der Waals surface area contributed by atoms with Crippen LogP contribution >= 0.6 is 11.8 Å². The fraction of sp³-hybridized carbons (Fsp3) is 0.520. The average molecular weight is 582 g/mol. The number of sulfonamides is 1. The number of carbonyl (C=O) groups excluding carboxylic acids is 3. The highest BCUT2D eigenvalue weighted by Crippen LogP contribution is 2.42. The van der Waals surface area contributed by atoms with Gasteiger partial charge in [0.2, 0.25) is 15.9 Å². The molecule has 1 aromatic carbocycles. The minimum Gasteiger partial charge on any atom is -0.461 e. The van der Waals surface area contributed by atoms with Gasteiger partial charge in [0, 0.05) is 38.5 Å². The molecule has 1 unspecified atom stereocenters. The van der Waals surface area contributed by atoms with E-state index in [0.29, 0.717) is 11.3 Å². The van der Waals surface area contributed by atoms with E-state index in [-0.39, 0.29) is 17.2 Å². The summed E-state index contributed by atoms with van der Waals surface area (Å²) in [6.07, 6.45) is 1.74. The van der Waals surface area contributed by atoms with Crippen LogP contribution in [0.2, 0.25) is 0 Å². The van der Waals surface area contributed by atoms with Gasteiger partial charge in [-0.15, -0.1) is 11.8 Å². The SMILES string of the molecule is CC(C)OC(=O)[C@H](Cc1ccc(OC(=O)N(C)C)cc1)NC(=O)C1N(S(=O)(=O)c2cnn(C)c2)CSC1(C)C. The van der Waals surface area contributed by atoms with Gasteiger partial charge < -0.3 is 19.7 Å². The topological polar surface area (TPSA) is 140 Å². The third kappa shape index (κ3) is 7.31. The third-order valence-electron chi connectivity index (χ3n) is 5.93. The monoisotopic (exact) mass is 581 g/mol. The maximum atomic E-state index is 13.7. The Bertz CT molecular complexity index is 1310. The second-order valence-electron chi connectivity index (χ2n) is 10.2. The summed E-state index contributed by atoms with van der Waals surface area (Å²) in [5.74, 6) is -0.869. The number of hydrogen-bond donors (Lipinski definition) is 1. The average Bonchev–Trinajstić information content (AvgIpc) is 3.42. The van der Waals surface area contributed by atoms with Crippen molar-refractivity contribution in [3.8, 4) is 5.75 Å². The summed E-state index contributed by atoms with van der Waals surface area (Å²) in [4.78, 5) is 39.7. The molecule has 0 saturated carbocycles. The Morgan fingerprint density at radius 2 is 1.85 bits per heavy atom. The Balaban J connectivity index is 1.84. The molecule has 1 aliphatic heterocycles. The minimum atomic E-state index is -4.03. The van der Waals surface area contributed by atoms with Gasteiger partial charge in [-0.25, -0.2) is 18.0 Å². The first-order valence-corrected chi connectivity index (χ1v) is 14.7. The molecular weight excluding hydrogens is 546 g/mol. The number of benzene rings is 1. The number of amides is 2. The lowest BCUT2D eigenvalue weighted by Gasteiger charge is -2.31. The first kappa shape index (κ1) is 30.4. The first-order valence-electron chi connectivity index (χ1n) is 12.2. The second-order valence-corrected chi connectivity index (χ2v) is 13.7. The van der Waals surface area contributed by atoms with Gasteiger partial charge in [-0.3, -0.25) is 9.48 Å². The van der Waals surface area contributed by atoms with E-state index < -0.39 is 50.9 Å². The summed E-state index contributed by atoms with van der Waals surface area (Å²) < 4.78 is 39.2. The highest BCUT2D eigenvalue weighted by Gasteiger charge is 2.51. The molecular formula is C25H35N5O7S2. The predicted octanol–water partition coefficient (Wildman–Crippen LogP) is 2.00. The lowest BCUT2D eigenvalue weighted by atomic mass is 10.0. The summed E-state index contributed by atoms with van der Waals surface area (Å²) in [5.41, 5.74) is 0.672. The number of carbonyl (C=O) groups is 3. The summed E-state index contributed by atoms with van der Waals surface area (Å²) >= 11 is 1.33. The van der Waals surface area contributed by atoms with Gasteiger partial charge in [0.25, 0.3) is 0 Å². The zero-order chi connectivity index (χ0) is 29.1. The van der Waals surface area contributed by atoms with Crippen molar-refractivity contribution in [1.29, 1.82) is 0 Å². The van der Waals surface area contributed by atoms with Gasteiger partial charge in [0.15, 0.2) is 0 Å². The fourth-order valence-corrected chi connectivity index (χ4v) is 7.09. The van der Waals surface area contributed by atoms with E-state index in [1.807, 2.05) is 0 Å². The molecule has 0 spiro atoms. The highest BCUT2D eigenvalue weighted by molar-refractivity contribution is 8.02. The molecule has 214 valence electrons. The Hall–Kier alpha value is -3.10. The number of nitrogens with zero attached hydrogens (tertiary/aromatic N) is 4. The van der Waals surface area contributed by atoms with Gasteiger partial charge in [0.1, 0.15) is 22.7 Å². The van der Waals surface area contributed by atoms with Gasteiger partial charge in [-0.05, 0) is 45.4 Å². The van der Waals surface area contributed by atoms with Crippen LogP contribution < -0.4 is 10.1 Å². The van der Waals surface area contributed by atoms with Crippen LogP contribution in [-0.4, -0.2) is 88.3 Å². The minimum absolute atomic E-state index is 0.0214. The molecule has 2 heterocycles. The molecule has 1 saturated heterocycles. The molecule has 1 fully saturated rings. The van der Waals surface area contributed by atoms with Crippen molar-refractivity contribution in [2.24, 2.45) is 7.05 Å². The zero-order valence-electron chi connectivity index (χ0n) is 23.1. The van der Waals surface area contributed by atoms with Crippen LogP contribution in [0.5, 0.6) is 5.75 Å². The third-order valence-corrected chi connectivity index (χ3v) is 9.23. The Morgan fingerprint density at radius 3 is 2.38 bits per heavy atom. The normalized spacial score (nSPS) is 18.0. The molecule has 1 aromatic heterocycles. The van der Waals surface area contributed by atoms with E-state index in [9.17, 15) is 22.8 Å². The molecule has 12 nitrogen and oxygen atoms in total. The number of thioether (sulfide) groups is 1. The highest BCUT2D eigenvalue weighted by atomic mass is 32.2. The van der Waals surface area contributed by atoms with Crippen molar-refractivity contribution < 1.29 is 32.3 Å². The maximum Gasteiger partial charge on any atom is 0.414 e. The van der Waals surface area contributed by atoms with Crippen molar-refractivity contribution >= 4 is 39.8 Å². The van der Waals surface area contributed by atoms with Gasteiger partial charge in [-0.2, -0.15) is 9.40 Å². The summed E-state index contributed by atoms with van der Waals surface area (Å²) in [7, 11) is 0.710. The van der Waals surface area contributed by atoms with E-state index in [0.717, 1.165) is 4.31 Å². The van der Waals surface area contributed by atoms with Crippen LogP contribution in [0.1, 0.15) is 33.3 Å². The van der Waals surface area contributed by atoms with Crippen LogP contribution in [0.25, 0.3) is 0 Å². The molecule has 39 heavy (non-hydrogen) atoms. The Morgan fingerprint density at radius 1 is 1.21 bits per heavy atom. The molecule has 1 N–H and O–H groups in total. The number of rotatable bonds is 9. The van der Waals surface area contributed by atoms with Crippen molar-refractivity contribution in [1.82, 2.24) is 24.3 Å². The molecule has 0 bridgehead atoms. The number of aromatic nitrogens is 2. The van der Waals surface area contributed by atoms with E-state index in [4.69, 9.17) is 9.47 Å². The smallest absolute Gasteiger partial charge is 0.414 e. The predicted molar refractivity (Wildman–Crippen MR) is 146 cm³/mol. The lowest BCUT2D eigenvalue weighted by Crippen LogP contribution is -2.56. The van der Waals surface area contributed by atoms with Crippen molar-refractivity contribution in [3.63, 3.8) is 0 Å². The molecule has 2 aromatic rings. The van der Waals surface area contributed by atoms with Crippen LogP contribution in [0.15, 0.2) is 41.6 Å². The molecule has 2 atom stereocenters. The Kier molecular flexibility index (Phi) is 9.34. The number of ether oxygens (including phenoxy) is 2. The van der Waals surface area contributed by atoms with Crippen molar-refractivity contribution in [2.75, 3.05) is 20.0 Å². The van der Waals surface area contributed by atoms with Gasteiger partial charge >= 0.3 is 12.1 Å². The van der Waals surface area contributed by atoms with E-state index in [1.54, 1.807) is 73.1 Å². The van der Waals surface area contributed by atoms with Crippen molar-refractivity contribution in [2.45, 2.75) is 61.9 Å². The van der Waals surface area contributed by atoms with E-state index in [2.05, 4.69) is 10.4 Å². The largest absolute Gasteiger partial charge is 0.461 e. The van der Waals surface area contributed by atoms with Gasteiger partial charge in [0.05, 0.1) is 18.2 Å². The lowest BCUT2D eigenvalue weighted by molar-refractivity contribution is -0.151. The van der Waals surface area contributed by atoms with Crippen LogP contribution in [0, 0.1) is 0 Å². The van der Waals surface area contributed by atoms with E-state index >= 15 is 0 Å². The quantitative estimate of drug-likeness (QED) is 0.440. The second kappa shape index (κ2) is 12.0.